The lowest BCUT2D eigenvalue weighted by Gasteiger charge is -2.37. The highest BCUT2D eigenvalue weighted by atomic mass is 16.5. The molecular formula is C30H28N2O5. The number of aryl methyl sites for hydroxylation is 1. The van der Waals surface area contributed by atoms with Gasteiger partial charge in [-0.15, -0.1) is 0 Å². The second kappa shape index (κ2) is 8.13. The van der Waals surface area contributed by atoms with Gasteiger partial charge in [-0.3, -0.25) is 19.2 Å². The number of hydrogen-bond donors (Lipinski definition) is 0. The number of carbonyl (C=O) groups is 4. The Morgan fingerprint density at radius 2 is 1.62 bits per heavy atom. The first kappa shape index (κ1) is 22.5. The van der Waals surface area contributed by atoms with Crippen molar-refractivity contribution in [3.8, 4) is 5.75 Å². The van der Waals surface area contributed by atoms with Crippen LogP contribution in [0.4, 0.5) is 5.69 Å². The fourth-order valence-electron chi connectivity index (χ4n) is 7.22. The van der Waals surface area contributed by atoms with Crippen molar-refractivity contribution in [2.24, 2.45) is 41.4 Å². The largest absolute Gasteiger partial charge is 0.426 e. The van der Waals surface area contributed by atoms with E-state index in [0.717, 1.165) is 12.0 Å². The molecule has 4 fully saturated rings. The van der Waals surface area contributed by atoms with Gasteiger partial charge in [0.25, 0.3) is 0 Å². The maximum Gasteiger partial charge on any atom is 0.316 e. The highest BCUT2D eigenvalue weighted by molar-refractivity contribution is 6.23. The van der Waals surface area contributed by atoms with Crippen LogP contribution in [0, 0.1) is 48.3 Å². The van der Waals surface area contributed by atoms with Crippen LogP contribution in [0.1, 0.15) is 24.0 Å². The smallest absolute Gasteiger partial charge is 0.316 e. The normalized spacial score (nSPS) is 33.1. The number of esters is 1. The Morgan fingerprint density at radius 3 is 2.27 bits per heavy atom. The summed E-state index contributed by atoms with van der Waals surface area (Å²) in [6.07, 6.45) is 5.59. The van der Waals surface area contributed by atoms with Gasteiger partial charge in [0.2, 0.25) is 17.7 Å². The molecule has 0 aromatic heterocycles. The summed E-state index contributed by atoms with van der Waals surface area (Å²) in [4.78, 5) is 55.3. The van der Waals surface area contributed by atoms with Crippen molar-refractivity contribution in [2.45, 2.75) is 26.3 Å². The first-order valence-electron chi connectivity index (χ1n) is 13.1. The molecule has 37 heavy (non-hydrogen) atoms. The fraction of sp³-hybridized carbons (Fsp3) is 0.400. The number of nitrogens with zero attached hydrogens (tertiary/aromatic N) is 2. The van der Waals surface area contributed by atoms with Crippen molar-refractivity contribution in [1.29, 1.82) is 0 Å². The molecule has 0 N–H and O–H groups in total. The van der Waals surface area contributed by atoms with Crippen molar-refractivity contribution < 1.29 is 23.9 Å². The van der Waals surface area contributed by atoms with Gasteiger partial charge in [-0.2, -0.15) is 0 Å². The number of imide groups is 1. The number of benzene rings is 2. The first-order chi connectivity index (χ1) is 17.9. The van der Waals surface area contributed by atoms with Crippen LogP contribution in [-0.4, -0.2) is 35.1 Å². The van der Waals surface area contributed by atoms with Crippen LogP contribution in [-0.2, 0) is 25.7 Å². The summed E-state index contributed by atoms with van der Waals surface area (Å²) in [5.41, 5.74) is 2.27. The molecule has 2 aliphatic heterocycles. The molecule has 2 aromatic rings. The highest BCUT2D eigenvalue weighted by Gasteiger charge is 2.67. The fourth-order valence-corrected chi connectivity index (χ4v) is 7.22. The molecule has 2 heterocycles. The van der Waals surface area contributed by atoms with E-state index in [4.69, 9.17) is 4.74 Å². The number of carbonyl (C=O) groups excluding carboxylic acids is 4. The van der Waals surface area contributed by atoms with Crippen molar-refractivity contribution in [3.63, 3.8) is 0 Å². The third-order valence-corrected chi connectivity index (χ3v) is 9.05. The van der Waals surface area contributed by atoms with Crippen LogP contribution in [0.15, 0.2) is 60.7 Å². The van der Waals surface area contributed by atoms with E-state index >= 15 is 0 Å². The Bertz CT molecular complexity index is 1330. The van der Waals surface area contributed by atoms with Crippen molar-refractivity contribution in [1.82, 2.24) is 4.90 Å². The predicted octanol–water partition coefficient (Wildman–Crippen LogP) is 3.51. The Kier molecular flexibility index (Phi) is 4.94. The summed E-state index contributed by atoms with van der Waals surface area (Å²) in [6.45, 7) is 2.61. The number of ether oxygens (including phenoxy) is 1. The SMILES string of the molecule is Cc1cc(OC(=O)[C@@H]2CC(=O)N(Cc3ccccc3)C2)ccc1N1C(=O)[C@@H]2[C@H]3C=C[C@@H]([C@@H]4C[C@H]34)[C@@H]2C1=O. The minimum absolute atomic E-state index is 0.0639. The standard InChI is InChI=1S/C30H28N2O5/c1-16-11-19(37-30(36)18-12-25(33)31(15-18)14-17-5-3-2-4-6-17)7-10-24(16)32-28(34)26-20-8-9-21(23-13-22(20)23)27(26)29(32)35/h2-11,18,20-23,26-27H,12-15H2,1H3/t18-,20+,21+,22-,23+,26-,27+/m1/s1. The molecule has 8 rings (SSSR count). The molecule has 2 saturated carbocycles. The maximum absolute atomic E-state index is 13.4. The van der Waals surface area contributed by atoms with Gasteiger partial charge in [0.05, 0.1) is 23.4 Å². The quantitative estimate of drug-likeness (QED) is 0.274. The van der Waals surface area contributed by atoms with Crippen molar-refractivity contribution in [2.75, 3.05) is 11.4 Å². The maximum atomic E-state index is 13.4. The summed E-state index contributed by atoms with van der Waals surface area (Å²) < 4.78 is 5.64. The second-order valence-electron chi connectivity index (χ2n) is 11.2. The number of hydrogen-bond acceptors (Lipinski definition) is 5. The average Bonchev–Trinajstić information content (AvgIpc) is 3.59. The molecule has 7 heteroatoms. The minimum Gasteiger partial charge on any atom is -0.426 e. The molecule has 6 aliphatic rings. The number of amides is 3. The molecule has 0 radical (unpaired) electrons. The van der Waals surface area contributed by atoms with Gasteiger partial charge in [0.1, 0.15) is 5.75 Å². The van der Waals surface area contributed by atoms with Gasteiger partial charge in [-0.05, 0) is 66.3 Å². The van der Waals surface area contributed by atoms with Crippen LogP contribution >= 0.6 is 0 Å². The predicted molar refractivity (Wildman–Crippen MR) is 134 cm³/mol. The highest BCUT2D eigenvalue weighted by Crippen LogP contribution is 2.65. The summed E-state index contributed by atoms with van der Waals surface area (Å²) in [6, 6.07) is 14.7. The second-order valence-corrected chi connectivity index (χ2v) is 11.2. The summed E-state index contributed by atoms with van der Waals surface area (Å²) in [5, 5.41) is 0. The summed E-state index contributed by atoms with van der Waals surface area (Å²) in [7, 11) is 0. The molecule has 7 nitrogen and oxygen atoms in total. The number of anilines is 1. The van der Waals surface area contributed by atoms with E-state index < -0.39 is 11.9 Å². The van der Waals surface area contributed by atoms with Crippen LogP contribution < -0.4 is 9.64 Å². The molecule has 0 spiro atoms. The van der Waals surface area contributed by atoms with E-state index in [0.29, 0.717) is 41.9 Å². The van der Waals surface area contributed by atoms with Crippen molar-refractivity contribution >= 4 is 29.4 Å². The molecular weight excluding hydrogens is 468 g/mol. The zero-order valence-corrected chi connectivity index (χ0v) is 20.6. The Balaban J connectivity index is 1.04. The van der Waals surface area contributed by atoms with Gasteiger partial charge in [0.15, 0.2) is 0 Å². The Labute approximate surface area is 215 Å². The molecule has 2 saturated heterocycles. The van der Waals surface area contributed by atoms with Crippen LogP contribution in [0.2, 0.25) is 0 Å². The van der Waals surface area contributed by atoms with Gasteiger partial charge >= 0.3 is 5.97 Å². The first-order valence-corrected chi connectivity index (χ1v) is 13.1. The van der Waals surface area contributed by atoms with Gasteiger partial charge in [0, 0.05) is 19.5 Å². The molecule has 2 aromatic carbocycles. The lowest BCUT2D eigenvalue weighted by atomic mass is 9.63. The van der Waals surface area contributed by atoms with Gasteiger partial charge < -0.3 is 9.64 Å². The van der Waals surface area contributed by atoms with E-state index in [9.17, 15) is 19.2 Å². The number of likely N-dealkylation sites (tertiary alicyclic amines) is 1. The van der Waals surface area contributed by atoms with E-state index in [-0.39, 0.29) is 47.8 Å². The minimum atomic E-state index is -0.532. The number of allylic oxidation sites excluding steroid dienone is 2. The van der Waals surface area contributed by atoms with Crippen LogP contribution in [0.25, 0.3) is 0 Å². The van der Waals surface area contributed by atoms with Crippen LogP contribution in [0.3, 0.4) is 0 Å². The summed E-state index contributed by atoms with van der Waals surface area (Å²) >= 11 is 0. The Hall–Kier alpha value is -3.74. The topological polar surface area (TPSA) is 84.0 Å². The zero-order valence-electron chi connectivity index (χ0n) is 20.6. The molecule has 2 bridgehead atoms. The third kappa shape index (κ3) is 3.47. The Morgan fingerprint density at radius 1 is 0.946 bits per heavy atom. The summed E-state index contributed by atoms with van der Waals surface area (Å²) in [5.74, 6) is 0.0761. The molecule has 4 aliphatic carbocycles. The molecule has 7 atom stereocenters. The van der Waals surface area contributed by atoms with E-state index in [1.807, 2.05) is 37.3 Å². The lowest BCUT2D eigenvalue weighted by Crippen LogP contribution is -2.40. The van der Waals surface area contributed by atoms with Crippen molar-refractivity contribution in [3.05, 3.63) is 71.8 Å². The van der Waals surface area contributed by atoms with E-state index in [2.05, 4.69) is 12.2 Å². The monoisotopic (exact) mass is 496 g/mol. The third-order valence-electron chi connectivity index (χ3n) is 9.05. The molecule has 3 amide bonds. The van der Waals surface area contributed by atoms with Crippen LogP contribution in [0.5, 0.6) is 5.75 Å². The van der Waals surface area contributed by atoms with E-state index in [1.165, 1.54) is 4.90 Å². The molecule has 0 unspecified atom stereocenters. The van der Waals surface area contributed by atoms with Gasteiger partial charge in [-0.1, -0.05) is 42.5 Å². The van der Waals surface area contributed by atoms with Gasteiger partial charge in [-0.25, -0.2) is 4.90 Å². The zero-order chi connectivity index (χ0) is 25.4. The average molecular weight is 497 g/mol. The lowest BCUT2D eigenvalue weighted by molar-refractivity contribution is -0.139. The molecule has 188 valence electrons. The van der Waals surface area contributed by atoms with E-state index in [1.54, 1.807) is 23.1 Å². The number of rotatable bonds is 5.